The Kier molecular flexibility index (Phi) is 6.85. The number of β-amino-alcohol motifs (C(OH)–C–C–N with tert-alkyl or cyclic N) is 1. The summed E-state index contributed by atoms with van der Waals surface area (Å²) in [5, 5.41) is 10.4. The van der Waals surface area contributed by atoms with Crippen molar-refractivity contribution in [3.8, 4) is 5.75 Å². The van der Waals surface area contributed by atoms with Gasteiger partial charge in [0.1, 0.15) is 24.3 Å². The Morgan fingerprint density at radius 1 is 1.07 bits per heavy atom. The normalized spacial score (nSPS) is 16.1. The molecule has 0 bridgehead atoms. The number of para-hydroxylation sites is 1. The zero-order valence-electron chi connectivity index (χ0n) is 15.6. The van der Waals surface area contributed by atoms with Crippen LogP contribution in [-0.2, 0) is 6.42 Å². The van der Waals surface area contributed by atoms with Crippen molar-refractivity contribution in [3.05, 3.63) is 72.6 Å². The van der Waals surface area contributed by atoms with Gasteiger partial charge in [0.05, 0.1) is 0 Å². The highest BCUT2D eigenvalue weighted by atomic mass is 19.1. The highest BCUT2D eigenvalue weighted by Gasteiger charge is 2.20. The summed E-state index contributed by atoms with van der Waals surface area (Å²) in [6.45, 7) is 8.07. The number of aliphatic hydroxyl groups excluding tert-OH is 1. The highest BCUT2D eigenvalue weighted by molar-refractivity contribution is 5.46. The van der Waals surface area contributed by atoms with Crippen molar-refractivity contribution in [3.63, 3.8) is 0 Å². The van der Waals surface area contributed by atoms with Crippen molar-refractivity contribution in [1.82, 2.24) is 4.90 Å². The molecule has 1 fully saturated rings. The van der Waals surface area contributed by atoms with Gasteiger partial charge in [0.25, 0.3) is 0 Å². The van der Waals surface area contributed by atoms with Crippen LogP contribution in [0.15, 0.2) is 61.2 Å². The molecule has 0 aromatic heterocycles. The summed E-state index contributed by atoms with van der Waals surface area (Å²) in [7, 11) is 0. The van der Waals surface area contributed by atoms with Gasteiger partial charge in [0.15, 0.2) is 0 Å². The van der Waals surface area contributed by atoms with Gasteiger partial charge in [0, 0.05) is 38.4 Å². The Balaban J connectivity index is 1.44. The molecule has 1 heterocycles. The van der Waals surface area contributed by atoms with E-state index in [-0.39, 0.29) is 12.4 Å². The van der Waals surface area contributed by atoms with Crippen LogP contribution in [0, 0.1) is 5.82 Å². The molecule has 4 nitrogen and oxygen atoms in total. The summed E-state index contributed by atoms with van der Waals surface area (Å²) in [5.74, 6) is 0.591. The third-order valence-corrected chi connectivity index (χ3v) is 4.80. The van der Waals surface area contributed by atoms with Crippen molar-refractivity contribution in [1.29, 1.82) is 0 Å². The summed E-state index contributed by atoms with van der Waals surface area (Å²) < 4.78 is 18.9. The molecule has 1 atom stereocenters. The van der Waals surface area contributed by atoms with Crippen LogP contribution in [0.4, 0.5) is 10.1 Å². The van der Waals surface area contributed by atoms with Crippen molar-refractivity contribution < 1.29 is 14.2 Å². The average Bonchev–Trinajstić information content (AvgIpc) is 2.69. The van der Waals surface area contributed by atoms with Gasteiger partial charge in [-0.1, -0.05) is 24.3 Å². The van der Waals surface area contributed by atoms with E-state index in [2.05, 4.69) is 16.4 Å². The Morgan fingerprint density at radius 2 is 1.78 bits per heavy atom. The van der Waals surface area contributed by atoms with Crippen LogP contribution in [-0.4, -0.2) is 55.4 Å². The molecule has 1 saturated heterocycles. The van der Waals surface area contributed by atoms with Crippen molar-refractivity contribution in [2.24, 2.45) is 0 Å². The lowest BCUT2D eigenvalue weighted by Crippen LogP contribution is -2.49. The quantitative estimate of drug-likeness (QED) is 0.725. The molecule has 1 aliphatic heterocycles. The van der Waals surface area contributed by atoms with E-state index in [1.807, 2.05) is 42.5 Å². The molecule has 3 rings (SSSR count). The number of aliphatic hydroxyl groups is 1. The Bertz CT molecular complexity index is 727. The van der Waals surface area contributed by atoms with E-state index in [1.54, 1.807) is 0 Å². The van der Waals surface area contributed by atoms with E-state index in [1.165, 1.54) is 12.1 Å². The summed E-state index contributed by atoms with van der Waals surface area (Å²) in [4.78, 5) is 4.48. The number of hydrogen-bond donors (Lipinski definition) is 1. The van der Waals surface area contributed by atoms with Gasteiger partial charge in [-0.3, -0.25) is 4.90 Å². The van der Waals surface area contributed by atoms with Gasteiger partial charge in [-0.15, -0.1) is 6.58 Å². The van der Waals surface area contributed by atoms with E-state index in [0.29, 0.717) is 6.54 Å². The minimum absolute atomic E-state index is 0.213. The van der Waals surface area contributed by atoms with Crippen molar-refractivity contribution >= 4 is 5.69 Å². The fourth-order valence-corrected chi connectivity index (χ4v) is 3.35. The van der Waals surface area contributed by atoms with E-state index in [0.717, 1.165) is 49.6 Å². The third-order valence-electron chi connectivity index (χ3n) is 4.80. The Hall–Kier alpha value is -2.37. The smallest absolute Gasteiger partial charge is 0.123 e. The lowest BCUT2D eigenvalue weighted by Gasteiger charge is -2.36. The summed E-state index contributed by atoms with van der Waals surface area (Å²) in [6.07, 6.45) is 2.05. The minimum Gasteiger partial charge on any atom is -0.491 e. The molecule has 2 aromatic rings. The van der Waals surface area contributed by atoms with E-state index >= 15 is 0 Å². The average molecular weight is 370 g/mol. The number of hydrogen-bond acceptors (Lipinski definition) is 4. The molecular weight excluding hydrogens is 343 g/mol. The summed E-state index contributed by atoms with van der Waals surface area (Å²) in [5.41, 5.74) is 2.12. The fraction of sp³-hybridized carbons (Fsp3) is 0.364. The zero-order valence-corrected chi connectivity index (χ0v) is 15.6. The number of anilines is 1. The number of ether oxygens (including phenoxy) is 1. The van der Waals surface area contributed by atoms with Crippen LogP contribution >= 0.6 is 0 Å². The molecule has 2 aromatic carbocycles. The van der Waals surface area contributed by atoms with E-state index < -0.39 is 6.10 Å². The number of piperazine rings is 1. The molecule has 0 saturated carbocycles. The monoisotopic (exact) mass is 370 g/mol. The molecule has 1 N–H and O–H groups in total. The molecule has 0 aliphatic carbocycles. The lowest BCUT2D eigenvalue weighted by molar-refractivity contribution is 0.0660. The second kappa shape index (κ2) is 9.53. The molecule has 0 amide bonds. The van der Waals surface area contributed by atoms with Gasteiger partial charge >= 0.3 is 0 Å². The maximum absolute atomic E-state index is 13.1. The largest absolute Gasteiger partial charge is 0.491 e. The molecule has 27 heavy (non-hydrogen) atoms. The number of benzene rings is 2. The molecule has 0 radical (unpaired) electrons. The molecule has 0 unspecified atom stereocenters. The van der Waals surface area contributed by atoms with Gasteiger partial charge in [-0.25, -0.2) is 4.39 Å². The molecule has 144 valence electrons. The topological polar surface area (TPSA) is 35.9 Å². The van der Waals surface area contributed by atoms with Crippen LogP contribution in [0.5, 0.6) is 5.75 Å². The first-order valence-electron chi connectivity index (χ1n) is 9.38. The lowest BCUT2D eigenvalue weighted by atomic mass is 10.1. The third kappa shape index (κ3) is 5.55. The molecule has 5 heteroatoms. The van der Waals surface area contributed by atoms with Crippen LogP contribution in [0.3, 0.4) is 0 Å². The number of nitrogens with zero attached hydrogens (tertiary/aromatic N) is 2. The predicted molar refractivity (Wildman–Crippen MR) is 107 cm³/mol. The SMILES string of the molecule is C=CCc1ccccc1OC[C@H](O)CN1CCN(c2ccc(F)cc2)CC1. The van der Waals surface area contributed by atoms with Gasteiger partial charge < -0.3 is 14.7 Å². The van der Waals surface area contributed by atoms with Crippen LogP contribution in [0.2, 0.25) is 0 Å². The first-order chi connectivity index (χ1) is 13.2. The Labute approximate surface area is 160 Å². The van der Waals surface area contributed by atoms with Crippen molar-refractivity contribution in [2.75, 3.05) is 44.2 Å². The summed E-state index contributed by atoms with van der Waals surface area (Å²) >= 11 is 0. The Morgan fingerprint density at radius 3 is 2.48 bits per heavy atom. The molecule has 0 spiro atoms. The number of rotatable bonds is 8. The second-order valence-corrected chi connectivity index (χ2v) is 6.83. The fourth-order valence-electron chi connectivity index (χ4n) is 3.35. The predicted octanol–water partition coefficient (Wildman–Crippen LogP) is 3.12. The van der Waals surface area contributed by atoms with Gasteiger partial charge in [-0.2, -0.15) is 0 Å². The maximum Gasteiger partial charge on any atom is 0.123 e. The van der Waals surface area contributed by atoms with Gasteiger partial charge in [0.2, 0.25) is 0 Å². The molecular formula is C22H27FN2O2. The number of halogens is 1. The minimum atomic E-state index is -0.542. The maximum atomic E-state index is 13.1. The van der Waals surface area contributed by atoms with Gasteiger partial charge in [-0.05, 0) is 42.3 Å². The zero-order chi connectivity index (χ0) is 19.1. The first kappa shape index (κ1) is 19.4. The van der Waals surface area contributed by atoms with E-state index in [4.69, 9.17) is 4.74 Å². The highest BCUT2D eigenvalue weighted by Crippen LogP contribution is 2.20. The van der Waals surface area contributed by atoms with Crippen LogP contribution < -0.4 is 9.64 Å². The van der Waals surface area contributed by atoms with Crippen LogP contribution in [0.1, 0.15) is 5.56 Å². The van der Waals surface area contributed by atoms with Crippen LogP contribution in [0.25, 0.3) is 0 Å². The molecule has 1 aliphatic rings. The standard InChI is InChI=1S/C22H27FN2O2/c1-2-5-18-6-3-4-7-22(18)27-17-21(26)16-24-12-14-25(15-13-24)20-10-8-19(23)9-11-20/h2-4,6-11,21,26H,1,5,12-17H2/t21-/m1/s1. The first-order valence-corrected chi connectivity index (χ1v) is 9.38. The number of allylic oxidation sites excluding steroid dienone is 1. The van der Waals surface area contributed by atoms with E-state index in [9.17, 15) is 9.50 Å². The van der Waals surface area contributed by atoms with Crippen molar-refractivity contribution in [2.45, 2.75) is 12.5 Å². The second-order valence-electron chi connectivity index (χ2n) is 6.83. The summed E-state index contributed by atoms with van der Waals surface area (Å²) in [6, 6.07) is 14.5.